The Bertz CT molecular complexity index is 292. The molecule has 0 aliphatic carbocycles. The van der Waals surface area contributed by atoms with Crippen LogP contribution in [0, 0.1) is 0 Å². The van der Waals surface area contributed by atoms with Gasteiger partial charge in [0, 0.05) is 7.11 Å². The van der Waals surface area contributed by atoms with Crippen molar-refractivity contribution in [3.05, 3.63) is 0 Å². The third-order valence-corrected chi connectivity index (χ3v) is 11.2. The molecule has 152 valence electrons. The summed E-state index contributed by atoms with van der Waals surface area (Å²) in [5.41, 5.74) is 0. The number of rotatable bonds is 18. The van der Waals surface area contributed by atoms with Crippen LogP contribution in [0.2, 0.25) is 32.2 Å². The Kier molecular flexibility index (Phi) is 15.6. The van der Waals surface area contributed by atoms with E-state index in [4.69, 9.17) is 8.54 Å². The van der Waals surface area contributed by atoms with Gasteiger partial charge in [-0.3, -0.25) is 0 Å². The Hall–Kier alpha value is 0.354. The summed E-state index contributed by atoms with van der Waals surface area (Å²) in [5, 5.41) is 0. The third kappa shape index (κ3) is 17.5. The smallest absolute Gasteiger partial charge is 0.324 e. The van der Waals surface area contributed by atoms with Gasteiger partial charge < -0.3 is 8.54 Å². The molecule has 0 saturated carbocycles. The van der Waals surface area contributed by atoms with Crippen molar-refractivity contribution in [3.8, 4) is 0 Å². The van der Waals surface area contributed by atoms with Crippen LogP contribution in [0.5, 0.6) is 0 Å². The van der Waals surface area contributed by atoms with Gasteiger partial charge in [-0.25, -0.2) is 0 Å². The summed E-state index contributed by atoms with van der Waals surface area (Å²) in [4.78, 5) is 0. The molecule has 0 aromatic heterocycles. The van der Waals surface area contributed by atoms with Crippen molar-refractivity contribution in [1.29, 1.82) is 0 Å². The molecule has 4 heteroatoms. The lowest BCUT2D eigenvalue weighted by Crippen LogP contribution is -2.46. The largest absolute Gasteiger partial charge is 0.436 e. The van der Waals surface area contributed by atoms with Crippen LogP contribution in [0.4, 0.5) is 0 Å². The Morgan fingerprint density at radius 3 is 1.24 bits per heavy atom. The summed E-state index contributed by atoms with van der Waals surface area (Å²) < 4.78 is 12.1. The molecule has 0 aliphatic heterocycles. The average Bonchev–Trinajstić information content (AvgIpc) is 2.53. The van der Waals surface area contributed by atoms with Gasteiger partial charge in [-0.1, -0.05) is 96.8 Å². The van der Waals surface area contributed by atoms with E-state index in [-0.39, 0.29) is 0 Å². The molecule has 0 amide bonds. The molecular formula is C21H48O2Si2. The van der Waals surface area contributed by atoms with Gasteiger partial charge in [0.2, 0.25) is 0 Å². The van der Waals surface area contributed by atoms with Crippen molar-refractivity contribution in [2.45, 2.75) is 129 Å². The minimum Gasteiger partial charge on any atom is -0.436 e. The van der Waals surface area contributed by atoms with Gasteiger partial charge in [0.1, 0.15) is 0 Å². The van der Waals surface area contributed by atoms with E-state index in [1.165, 1.54) is 89.9 Å². The number of hydrogen-bond donors (Lipinski definition) is 0. The van der Waals surface area contributed by atoms with E-state index in [0.717, 1.165) is 6.04 Å². The minimum atomic E-state index is -1.90. The maximum absolute atomic E-state index is 6.34. The van der Waals surface area contributed by atoms with Crippen LogP contribution in [0.3, 0.4) is 0 Å². The zero-order valence-corrected chi connectivity index (χ0v) is 20.4. The molecule has 0 aromatic carbocycles. The molecule has 0 aromatic rings. The molecule has 0 fully saturated rings. The van der Waals surface area contributed by atoms with E-state index in [1.54, 1.807) is 0 Å². The second kappa shape index (κ2) is 15.4. The molecule has 0 bridgehead atoms. The molecule has 1 atom stereocenters. The van der Waals surface area contributed by atoms with E-state index in [2.05, 4.69) is 33.1 Å². The lowest BCUT2D eigenvalue weighted by molar-refractivity contribution is 0.300. The molecule has 0 saturated heterocycles. The van der Waals surface area contributed by atoms with Crippen LogP contribution in [0.1, 0.15) is 96.8 Å². The zero-order chi connectivity index (χ0) is 19.0. The van der Waals surface area contributed by atoms with Gasteiger partial charge in [-0.15, -0.1) is 0 Å². The Morgan fingerprint density at radius 1 is 0.560 bits per heavy atom. The Balaban J connectivity index is 3.41. The molecule has 0 radical (unpaired) electrons. The van der Waals surface area contributed by atoms with Crippen LogP contribution >= 0.6 is 0 Å². The fourth-order valence-corrected chi connectivity index (χ4v) is 10.5. The standard InChI is InChI=1S/C21H48O2Si2/c1-7-8-9-10-11-12-13-14-15-16-17-18-19-20-21-25(6,22-2)23-24(3,4)5/h7-21H2,1-6H3. The number of hydrogen-bond acceptors (Lipinski definition) is 2. The highest BCUT2D eigenvalue weighted by molar-refractivity contribution is 6.81. The maximum Gasteiger partial charge on any atom is 0.324 e. The summed E-state index contributed by atoms with van der Waals surface area (Å²) >= 11 is 0. The van der Waals surface area contributed by atoms with Crippen LogP contribution in [0.15, 0.2) is 0 Å². The molecule has 0 heterocycles. The molecular weight excluding hydrogens is 340 g/mol. The predicted molar refractivity (Wildman–Crippen MR) is 118 cm³/mol. The molecule has 0 aliphatic rings. The van der Waals surface area contributed by atoms with Crippen molar-refractivity contribution in [3.63, 3.8) is 0 Å². The predicted octanol–water partition coefficient (Wildman–Crippen LogP) is 8.04. The molecule has 25 heavy (non-hydrogen) atoms. The monoisotopic (exact) mass is 388 g/mol. The van der Waals surface area contributed by atoms with E-state index < -0.39 is 16.9 Å². The normalized spacial score (nSPS) is 14.6. The molecule has 1 unspecified atom stereocenters. The quantitative estimate of drug-likeness (QED) is 0.175. The fraction of sp³-hybridized carbons (Fsp3) is 1.00. The first-order valence-electron chi connectivity index (χ1n) is 11.1. The van der Waals surface area contributed by atoms with Crippen molar-refractivity contribution in [2.24, 2.45) is 0 Å². The van der Waals surface area contributed by atoms with Crippen molar-refractivity contribution in [1.82, 2.24) is 0 Å². The lowest BCUT2D eigenvalue weighted by Gasteiger charge is -2.32. The number of unbranched alkanes of at least 4 members (excludes halogenated alkanes) is 13. The average molecular weight is 389 g/mol. The summed E-state index contributed by atoms with van der Waals surface area (Å²) in [6.45, 7) is 11.3. The maximum atomic E-state index is 6.34. The molecule has 2 nitrogen and oxygen atoms in total. The van der Waals surface area contributed by atoms with Gasteiger partial charge >= 0.3 is 8.56 Å². The van der Waals surface area contributed by atoms with Crippen LogP contribution < -0.4 is 0 Å². The fourth-order valence-electron chi connectivity index (χ4n) is 3.48. The van der Waals surface area contributed by atoms with E-state index >= 15 is 0 Å². The van der Waals surface area contributed by atoms with Crippen molar-refractivity contribution < 1.29 is 8.54 Å². The summed E-state index contributed by atoms with van der Waals surface area (Å²) in [5.74, 6) is 0. The van der Waals surface area contributed by atoms with Gasteiger partial charge in [0.15, 0.2) is 8.32 Å². The first-order valence-corrected chi connectivity index (χ1v) is 17.0. The zero-order valence-electron chi connectivity index (χ0n) is 18.4. The second-order valence-electron chi connectivity index (χ2n) is 8.90. The van der Waals surface area contributed by atoms with E-state index in [9.17, 15) is 0 Å². The van der Waals surface area contributed by atoms with Crippen LogP contribution in [0.25, 0.3) is 0 Å². The van der Waals surface area contributed by atoms with E-state index in [1.807, 2.05) is 7.11 Å². The molecule has 0 rings (SSSR count). The highest BCUT2D eigenvalue weighted by atomic mass is 28.4. The third-order valence-electron chi connectivity index (χ3n) is 4.94. The first kappa shape index (κ1) is 25.4. The second-order valence-corrected chi connectivity index (χ2v) is 17.1. The summed E-state index contributed by atoms with van der Waals surface area (Å²) in [6, 6.07) is 1.16. The highest BCUT2D eigenvalue weighted by Gasteiger charge is 2.34. The van der Waals surface area contributed by atoms with E-state index in [0.29, 0.717) is 0 Å². The van der Waals surface area contributed by atoms with Gasteiger partial charge in [0.05, 0.1) is 0 Å². The first-order chi connectivity index (χ1) is 11.8. The van der Waals surface area contributed by atoms with Crippen LogP contribution in [-0.2, 0) is 8.54 Å². The summed E-state index contributed by atoms with van der Waals surface area (Å²) in [6.07, 6.45) is 19.8. The topological polar surface area (TPSA) is 18.5 Å². The van der Waals surface area contributed by atoms with Crippen molar-refractivity contribution in [2.75, 3.05) is 7.11 Å². The minimum absolute atomic E-state index is 1.16. The lowest BCUT2D eigenvalue weighted by atomic mass is 10.0. The Morgan fingerprint density at radius 2 is 0.920 bits per heavy atom. The summed E-state index contributed by atoms with van der Waals surface area (Å²) in [7, 11) is -1.54. The van der Waals surface area contributed by atoms with Gasteiger partial charge in [0.25, 0.3) is 0 Å². The van der Waals surface area contributed by atoms with Crippen molar-refractivity contribution >= 4 is 16.9 Å². The van der Waals surface area contributed by atoms with Gasteiger partial charge in [-0.2, -0.15) is 0 Å². The van der Waals surface area contributed by atoms with Gasteiger partial charge in [-0.05, 0) is 32.2 Å². The molecule has 0 N–H and O–H groups in total. The Labute approximate surface area is 161 Å². The van der Waals surface area contributed by atoms with Crippen LogP contribution in [-0.4, -0.2) is 24.0 Å². The molecule has 0 spiro atoms. The highest BCUT2D eigenvalue weighted by Crippen LogP contribution is 2.22. The SMILES string of the molecule is CCCCCCCCCCCCCCCC[Si](C)(OC)O[Si](C)(C)C.